The monoisotopic (exact) mass is 199 g/mol. The van der Waals surface area contributed by atoms with E-state index in [1.165, 1.54) is 22.5 Å². The van der Waals surface area contributed by atoms with Crippen LogP contribution in [0.4, 0.5) is 0 Å². The lowest BCUT2D eigenvalue weighted by molar-refractivity contribution is 0.635. The van der Waals surface area contributed by atoms with E-state index in [4.69, 9.17) is 0 Å². The van der Waals surface area contributed by atoms with Crippen molar-refractivity contribution < 1.29 is 0 Å². The average molecular weight is 199 g/mol. The molecule has 0 bridgehead atoms. The van der Waals surface area contributed by atoms with Crippen molar-refractivity contribution in [3.8, 4) is 11.3 Å². The Morgan fingerprint density at radius 2 is 2.07 bits per heavy atom. The van der Waals surface area contributed by atoms with Gasteiger partial charge < -0.3 is 10.3 Å². The Bertz CT molecular complexity index is 435. The maximum Gasteiger partial charge on any atom is 0.0460 e. The lowest BCUT2D eigenvalue weighted by Crippen LogP contribution is -2.22. The first-order valence-corrected chi connectivity index (χ1v) is 5.25. The maximum absolute atomic E-state index is 4.03. The zero-order chi connectivity index (χ0) is 10.1. The Morgan fingerprint density at radius 1 is 1.20 bits per heavy atom. The van der Waals surface area contributed by atoms with E-state index in [-0.39, 0.29) is 0 Å². The van der Waals surface area contributed by atoms with Crippen LogP contribution in [0.5, 0.6) is 0 Å². The van der Waals surface area contributed by atoms with Crippen LogP contribution in [-0.2, 0) is 13.0 Å². The predicted octanol–water partition coefficient (Wildman–Crippen LogP) is 1.72. The van der Waals surface area contributed by atoms with Crippen LogP contribution >= 0.6 is 0 Å². The second-order valence-corrected chi connectivity index (χ2v) is 3.85. The fourth-order valence-electron chi connectivity index (χ4n) is 2.04. The van der Waals surface area contributed by atoms with E-state index in [9.17, 15) is 0 Å². The van der Waals surface area contributed by atoms with Gasteiger partial charge in [-0.3, -0.25) is 4.98 Å². The summed E-state index contributed by atoms with van der Waals surface area (Å²) in [6.45, 7) is 2.04. The third-order valence-electron chi connectivity index (χ3n) is 2.86. The SMILES string of the molecule is c1cc(-c2cc3c([nH]2)CNCC3)ccn1. The van der Waals surface area contributed by atoms with Crippen LogP contribution in [0.1, 0.15) is 11.3 Å². The van der Waals surface area contributed by atoms with Crippen LogP contribution < -0.4 is 5.32 Å². The number of fused-ring (bicyclic) bond motifs is 1. The summed E-state index contributed by atoms with van der Waals surface area (Å²) < 4.78 is 0. The van der Waals surface area contributed by atoms with E-state index in [0.717, 1.165) is 19.5 Å². The van der Waals surface area contributed by atoms with E-state index in [1.807, 2.05) is 24.5 Å². The van der Waals surface area contributed by atoms with E-state index in [2.05, 4.69) is 21.4 Å². The zero-order valence-corrected chi connectivity index (χ0v) is 8.46. The van der Waals surface area contributed by atoms with Crippen LogP contribution in [0.3, 0.4) is 0 Å². The summed E-state index contributed by atoms with van der Waals surface area (Å²) >= 11 is 0. The Morgan fingerprint density at radius 3 is 2.87 bits per heavy atom. The third kappa shape index (κ3) is 1.55. The Balaban J connectivity index is 2.03. The third-order valence-corrected chi connectivity index (χ3v) is 2.86. The quantitative estimate of drug-likeness (QED) is 0.734. The molecule has 0 aromatic carbocycles. The summed E-state index contributed by atoms with van der Waals surface area (Å²) in [5.41, 5.74) is 5.18. The number of aromatic nitrogens is 2. The summed E-state index contributed by atoms with van der Waals surface area (Å²) in [7, 11) is 0. The van der Waals surface area contributed by atoms with Crippen molar-refractivity contribution in [2.24, 2.45) is 0 Å². The molecule has 76 valence electrons. The van der Waals surface area contributed by atoms with Crippen molar-refractivity contribution in [2.75, 3.05) is 6.54 Å². The van der Waals surface area contributed by atoms with Crippen LogP contribution in [0, 0.1) is 0 Å². The second-order valence-electron chi connectivity index (χ2n) is 3.85. The molecule has 0 radical (unpaired) electrons. The highest BCUT2D eigenvalue weighted by atomic mass is 14.9. The molecule has 0 amide bonds. The minimum Gasteiger partial charge on any atom is -0.357 e. The molecule has 0 saturated heterocycles. The van der Waals surface area contributed by atoms with Crippen LogP contribution in [0.2, 0.25) is 0 Å². The van der Waals surface area contributed by atoms with Gasteiger partial charge >= 0.3 is 0 Å². The second kappa shape index (κ2) is 3.51. The van der Waals surface area contributed by atoms with Crippen molar-refractivity contribution in [1.82, 2.24) is 15.3 Å². The van der Waals surface area contributed by atoms with Gasteiger partial charge in [-0.05, 0) is 36.7 Å². The van der Waals surface area contributed by atoms with Gasteiger partial charge in [-0.25, -0.2) is 0 Å². The fraction of sp³-hybridized carbons (Fsp3) is 0.250. The molecule has 3 rings (SSSR count). The molecule has 2 aromatic heterocycles. The predicted molar refractivity (Wildman–Crippen MR) is 59.4 cm³/mol. The topological polar surface area (TPSA) is 40.7 Å². The molecule has 0 aliphatic carbocycles. The molecule has 2 N–H and O–H groups in total. The van der Waals surface area contributed by atoms with Gasteiger partial charge in [0.25, 0.3) is 0 Å². The molecule has 3 heterocycles. The summed E-state index contributed by atoms with van der Waals surface area (Å²) in [4.78, 5) is 7.49. The van der Waals surface area contributed by atoms with Crippen molar-refractivity contribution in [3.63, 3.8) is 0 Å². The highest BCUT2D eigenvalue weighted by Gasteiger charge is 2.12. The van der Waals surface area contributed by atoms with Gasteiger partial charge in [0.15, 0.2) is 0 Å². The van der Waals surface area contributed by atoms with E-state index in [0.29, 0.717) is 0 Å². The van der Waals surface area contributed by atoms with Gasteiger partial charge in [-0.15, -0.1) is 0 Å². The normalized spacial score (nSPS) is 14.9. The maximum atomic E-state index is 4.03. The highest BCUT2D eigenvalue weighted by Crippen LogP contribution is 2.23. The number of nitrogens with zero attached hydrogens (tertiary/aromatic N) is 1. The number of H-pyrrole nitrogens is 1. The van der Waals surface area contributed by atoms with Gasteiger partial charge in [0.05, 0.1) is 0 Å². The minimum atomic E-state index is 0.959. The van der Waals surface area contributed by atoms with E-state index in [1.54, 1.807) is 0 Å². The smallest absolute Gasteiger partial charge is 0.0460 e. The average Bonchev–Trinajstić information content (AvgIpc) is 2.74. The molecule has 1 aliphatic heterocycles. The van der Waals surface area contributed by atoms with Gasteiger partial charge in [0, 0.05) is 35.9 Å². The molecule has 0 fully saturated rings. The zero-order valence-electron chi connectivity index (χ0n) is 8.46. The molecule has 1 aliphatic rings. The molecular weight excluding hydrogens is 186 g/mol. The molecule has 0 unspecified atom stereocenters. The first-order chi connectivity index (χ1) is 7.43. The number of rotatable bonds is 1. The van der Waals surface area contributed by atoms with Crippen molar-refractivity contribution in [3.05, 3.63) is 41.9 Å². The van der Waals surface area contributed by atoms with Crippen LogP contribution in [-0.4, -0.2) is 16.5 Å². The summed E-state index contributed by atoms with van der Waals surface area (Å²) in [5.74, 6) is 0. The van der Waals surface area contributed by atoms with Gasteiger partial charge in [-0.2, -0.15) is 0 Å². The Labute approximate surface area is 88.6 Å². The number of hydrogen-bond donors (Lipinski definition) is 2. The van der Waals surface area contributed by atoms with Gasteiger partial charge in [0.1, 0.15) is 0 Å². The molecule has 15 heavy (non-hydrogen) atoms. The summed E-state index contributed by atoms with van der Waals surface area (Å²) in [5, 5.41) is 3.36. The Kier molecular flexibility index (Phi) is 2.03. The molecule has 0 spiro atoms. The van der Waals surface area contributed by atoms with E-state index >= 15 is 0 Å². The lowest BCUT2D eigenvalue weighted by atomic mass is 10.1. The fourth-order valence-corrected chi connectivity index (χ4v) is 2.04. The van der Waals surface area contributed by atoms with E-state index < -0.39 is 0 Å². The summed E-state index contributed by atoms with van der Waals surface area (Å²) in [6, 6.07) is 6.32. The largest absolute Gasteiger partial charge is 0.357 e. The number of nitrogens with one attached hydrogen (secondary N) is 2. The van der Waals surface area contributed by atoms with Crippen molar-refractivity contribution in [2.45, 2.75) is 13.0 Å². The van der Waals surface area contributed by atoms with Gasteiger partial charge in [-0.1, -0.05) is 0 Å². The van der Waals surface area contributed by atoms with Gasteiger partial charge in [0.2, 0.25) is 0 Å². The number of aromatic amines is 1. The molecular formula is C12H13N3. The lowest BCUT2D eigenvalue weighted by Gasteiger charge is -2.11. The summed E-state index contributed by atoms with van der Waals surface area (Å²) in [6.07, 6.45) is 4.78. The van der Waals surface area contributed by atoms with Crippen molar-refractivity contribution in [1.29, 1.82) is 0 Å². The standard InChI is InChI=1S/C12H13N3/c1-4-13-5-2-9(1)11-7-10-3-6-14-8-12(10)15-11/h1-2,4-5,7,14-15H,3,6,8H2. The van der Waals surface area contributed by atoms with Crippen LogP contribution in [0.25, 0.3) is 11.3 Å². The molecule has 3 heteroatoms. The number of pyridine rings is 1. The highest BCUT2D eigenvalue weighted by molar-refractivity contribution is 5.60. The molecule has 3 nitrogen and oxygen atoms in total. The molecule has 0 saturated carbocycles. The first-order valence-electron chi connectivity index (χ1n) is 5.25. The minimum absolute atomic E-state index is 0.959. The van der Waals surface area contributed by atoms with Crippen LogP contribution in [0.15, 0.2) is 30.6 Å². The number of hydrogen-bond acceptors (Lipinski definition) is 2. The molecule has 2 aromatic rings. The Hall–Kier alpha value is -1.61. The first kappa shape index (κ1) is 8.68. The van der Waals surface area contributed by atoms with Crippen molar-refractivity contribution >= 4 is 0 Å². The molecule has 0 atom stereocenters.